The van der Waals surface area contributed by atoms with Crippen LogP contribution >= 0.6 is 12.2 Å². The molecule has 0 unspecified atom stereocenters. The first-order valence-corrected chi connectivity index (χ1v) is 9.67. The normalized spacial score (nSPS) is 17.7. The van der Waals surface area contributed by atoms with Gasteiger partial charge in [-0.05, 0) is 43.8 Å². The van der Waals surface area contributed by atoms with Crippen LogP contribution in [0.3, 0.4) is 0 Å². The lowest BCUT2D eigenvalue weighted by Crippen LogP contribution is -2.39. The highest BCUT2D eigenvalue weighted by Crippen LogP contribution is 2.30. The maximum Gasteiger partial charge on any atom is 0.242 e. The first-order chi connectivity index (χ1) is 12.2. The van der Waals surface area contributed by atoms with Crippen molar-refractivity contribution >= 4 is 18.1 Å². The van der Waals surface area contributed by atoms with Crippen LogP contribution in [0, 0.1) is 17.1 Å². The van der Waals surface area contributed by atoms with Gasteiger partial charge in [0.05, 0.1) is 0 Å². The van der Waals surface area contributed by atoms with Crippen molar-refractivity contribution in [1.29, 1.82) is 0 Å². The maximum absolute atomic E-state index is 13.0. The zero-order valence-electron chi connectivity index (χ0n) is 16.1. The molecule has 1 fully saturated rings. The smallest absolute Gasteiger partial charge is 0.242 e. The summed E-state index contributed by atoms with van der Waals surface area (Å²) in [6, 6.07) is 8.43. The number of nitrogens with one attached hydrogen (secondary N) is 1. The molecule has 5 nitrogen and oxygen atoms in total. The molecule has 0 radical (unpaired) electrons. The van der Waals surface area contributed by atoms with E-state index in [1.54, 1.807) is 0 Å². The summed E-state index contributed by atoms with van der Waals surface area (Å²) in [6.07, 6.45) is 3.19. The average Bonchev–Trinajstić information content (AvgIpc) is 3.14. The monoisotopic (exact) mass is 372 g/mol. The molecule has 0 saturated carbocycles. The number of hydrogen-bond acceptors (Lipinski definition) is 3. The summed E-state index contributed by atoms with van der Waals surface area (Å²) in [5, 5.41) is 7.19. The third-order valence-corrected chi connectivity index (χ3v) is 5.22. The van der Waals surface area contributed by atoms with Crippen molar-refractivity contribution < 1.29 is 4.79 Å². The summed E-state index contributed by atoms with van der Waals surface area (Å²) in [5.74, 6) is 0.845. The summed E-state index contributed by atoms with van der Waals surface area (Å²) >= 11 is 5.38. The molecule has 2 aromatic rings. The molecule has 140 valence electrons. The number of carbonyl (C=O) groups is 1. The van der Waals surface area contributed by atoms with Gasteiger partial charge < -0.3 is 4.90 Å². The average molecular weight is 373 g/mol. The minimum absolute atomic E-state index is 0.127. The number of hydrogen-bond donors (Lipinski definition) is 1. The predicted molar refractivity (Wildman–Crippen MR) is 106 cm³/mol. The van der Waals surface area contributed by atoms with Gasteiger partial charge in [-0.25, -0.2) is 0 Å². The topological polar surface area (TPSA) is 53.9 Å². The van der Waals surface area contributed by atoms with Gasteiger partial charge in [0.2, 0.25) is 5.91 Å². The minimum Gasteiger partial charge on any atom is -0.338 e. The lowest BCUT2D eigenvalue weighted by molar-refractivity contribution is -0.133. The van der Waals surface area contributed by atoms with Crippen LogP contribution < -0.4 is 0 Å². The van der Waals surface area contributed by atoms with Crippen molar-refractivity contribution in [2.45, 2.75) is 59.5 Å². The summed E-state index contributed by atoms with van der Waals surface area (Å²) in [7, 11) is 0. The van der Waals surface area contributed by atoms with Gasteiger partial charge in [0.1, 0.15) is 6.54 Å². The standard InChI is InChI=1S/C20H28N4OS/c1-14-7-9-15(10-8-14)18-21-22-19(26)24(18)13-17(25)23-11-5-6-16(23)12-20(2,3)4/h7-10,16H,5-6,11-13H2,1-4H3,(H,22,26)/t16-/m0/s1. The molecular formula is C20H28N4OS. The first-order valence-electron chi connectivity index (χ1n) is 9.26. The largest absolute Gasteiger partial charge is 0.338 e. The molecule has 0 bridgehead atoms. The quantitative estimate of drug-likeness (QED) is 0.812. The number of aromatic nitrogens is 3. The molecule has 1 aliphatic heterocycles. The number of likely N-dealkylation sites (tertiary alicyclic amines) is 1. The summed E-state index contributed by atoms with van der Waals surface area (Å²) < 4.78 is 2.30. The van der Waals surface area contributed by atoms with E-state index in [9.17, 15) is 4.79 Å². The van der Waals surface area contributed by atoms with Gasteiger partial charge in [-0.15, -0.1) is 0 Å². The second kappa shape index (κ2) is 7.35. The summed E-state index contributed by atoms with van der Waals surface area (Å²) in [4.78, 5) is 15.1. The van der Waals surface area contributed by atoms with E-state index in [-0.39, 0.29) is 17.9 Å². The van der Waals surface area contributed by atoms with E-state index < -0.39 is 0 Å². The molecule has 26 heavy (non-hydrogen) atoms. The molecule has 3 rings (SSSR count). The van der Waals surface area contributed by atoms with Gasteiger partial charge in [0.25, 0.3) is 0 Å². The Balaban J connectivity index is 1.81. The van der Waals surface area contributed by atoms with Crippen molar-refractivity contribution in [3.63, 3.8) is 0 Å². The fraction of sp³-hybridized carbons (Fsp3) is 0.550. The molecule has 1 aromatic carbocycles. The first kappa shape index (κ1) is 18.8. The van der Waals surface area contributed by atoms with E-state index in [2.05, 4.69) is 31.0 Å². The number of aryl methyl sites for hydroxylation is 1. The molecule has 1 amide bonds. The van der Waals surface area contributed by atoms with Crippen molar-refractivity contribution in [3.05, 3.63) is 34.6 Å². The van der Waals surface area contributed by atoms with Gasteiger partial charge in [0.15, 0.2) is 10.6 Å². The molecule has 1 atom stereocenters. The second-order valence-electron chi connectivity index (χ2n) is 8.45. The van der Waals surface area contributed by atoms with Crippen LogP contribution in [-0.2, 0) is 11.3 Å². The molecule has 6 heteroatoms. The summed E-state index contributed by atoms with van der Waals surface area (Å²) in [5.41, 5.74) is 2.36. The number of aromatic amines is 1. The van der Waals surface area contributed by atoms with E-state index in [1.807, 2.05) is 40.7 Å². The Bertz CT molecular complexity index is 829. The Morgan fingerprint density at radius 2 is 2.00 bits per heavy atom. The lowest BCUT2D eigenvalue weighted by atomic mass is 9.87. The van der Waals surface area contributed by atoms with E-state index in [0.29, 0.717) is 10.8 Å². The third-order valence-electron chi connectivity index (χ3n) is 4.91. The Morgan fingerprint density at radius 3 is 2.65 bits per heavy atom. The molecule has 1 saturated heterocycles. The van der Waals surface area contributed by atoms with Gasteiger partial charge in [-0.1, -0.05) is 50.6 Å². The Kier molecular flexibility index (Phi) is 5.32. The highest BCUT2D eigenvalue weighted by atomic mass is 32.1. The zero-order chi connectivity index (χ0) is 18.9. The maximum atomic E-state index is 13.0. The van der Waals surface area contributed by atoms with Crippen LogP contribution in [0.2, 0.25) is 0 Å². The van der Waals surface area contributed by atoms with Crippen molar-refractivity contribution in [3.8, 4) is 11.4 Å². The van der Waals surface area contributed by atoms with Gasteiger partial charge in [-0.3, -0.25) is 14.5 Å². The number of amides is 1. The third kappa shape index (κ3) is 4.23. The van der Waals surface area contributed by atoms with Crippen LogP contribution in [0.5, 0.6) is 0 Å². The summed E-state index contributed by atoms with van der Waals surface area (Å²) in [6.45, 7) is 9.82. The Labute approximate surface area is 160 Å². The van der Waals surface area contributed by atoms with Crippen LogP contribution in [0.1, 0.15) is 45.6 Å². The van der Waals surface area contributed by atoms with E-state index in [0.717, 1.165) is 37.2 Å². The van der Waals surface area contributed by atoms with E-state index in [4.69, 9.17) is 12.2 Å². The second-order valence-corrected chi connectivity index (χ2v) is 8.84. The van der Waals surface area contributed by atoms with Crippen LogP contribution in [0.25, 0.3) is 11.4 Å². The van der Waals surface area contributed by atoms with Crippen molar-refractivity contribution in [2.75, 3.05) is 6.54 Å². The molecule has 1 N–H and O–H groups in total. The highest BCUT2D eigenvalue weighted by Gasteiger charge is 2.32. The Morgan fingerprint density at radius 1 is 1.31 bits per heavy atom. The number of H-pyrrole nitrogens is 1. The highest BCUT2D eigenvalue weighted by molar-refractivity contribution is 7.71. The minimum atomic E-state index is 0.127. The fourth-order valence-corrected chi connectivity index (χ4v) is 3.89. The SMILES string of the molecule is Cc1ccc(-c2n[nH]c(=S)n2CC(=O)N2CCC[C@H]2CC(C)(C)C)cc1. The lowest BCUT2D eigenvalue weighted by Gasteiger charge is -2.30. The van der Waals surface area contributed by atoms with Gasteiger partial charge in [0, 0.05) is 18.2 Å². The van der Waals surface area contributed by atoms with Crippen LogP contribution in [-0.4, -0.2) is 38.2 Å². The number of nitrogens with zero attached hydrogens (tertiary/aromatic N) is 3. The number of carbonyl (C=O) groups excluding carboxylic acids is 1. The molecule has 0 spiro atoms. The molecule has 1 aliphatic rings. The van der Waals surface area contributed by atoms with Crippen molar-refractivity contribution in [2.24, 2.45) is 5.41 Å². The fourth-order valence-electron chi connectivity index (χ4n) is 3.70. The van der Waals surface area contributed by atoms with Crippen LogP contribution in [0.15, 0.2) is 24.3 Å². The van der Waals surface area contributed by atoms with Gasteiger partial charge >= 0.3 is 0 Å². The van der Waals surface area contributed by atoms with Crippen LogP contribution in [0.4, 0.5) is 0 Å². The van der Waals surface area contributed by atoms with E-state index in [1.165, 1.54) is 5.56 Å². The zero-order valence-corrected chi connectivity index (χ0v) is 16.9. The van der Waals surface area contributed by atoms with E-state index >= 15 is 0 Å². The molecule has 1 aromatic heterocycles. The van der Waals surface area contributed by atoms with Crippen molar-refractivity contribution in [1.82, 2.24) is 19.7 Å². The van der Waals surface area contributed by atoms with Gasteiger partial charge in [-0.2, -0.15) is 5.10 Å². The molecule has 2 heterocycles. The number of rotatable bonds is 4. The Hall–Kier alpha value is -1.95. The molecular weight excluding hydrogens is 344 g/mol. The number of benzene rings is 1. The molecule has 0 aliphatic carbocycles. The predicted octanol–water partition coefficient (Wildman–Crippen LogP) is 4.34.